The largest absolute Gasteiger partial charge is 0.357 e. The van der Waals surface area contributed by atoms with E-state index < -0.39 is 10.0 Å². The van der Waals surface area contributed by atoms with E-state index in [0.29, 0.717) is 18.5 Å². The number of rotatable bonds is 6. The molecule has 2 rings (SSSR count). The van der Waals surface area contributed by atoms with Crippen molar-refractivity contribution in [3.8, 4) is 0 Å². The summed E-state index contributed by atoms with van der Waals surface area (Å²) < 4.78 is 25.5. The second-order valence-corrected chi connectivity index (χ2v) is 9.89. The van der Waals surface area contributed by atoms with E-state index in [0.717, 1.165) is 38.4 Å². The first-order chi connectivity index (χ1) is 11.8. The molecule has 2 aliphatic rings. The van der Waals surface area contributed by atoms with Crippen molar-refractivity contribution in [2.45, 2.75) is 65.3 Å². The minimum absolute atomic E-state index is 0.00970. The van der Waals surface area contributed by atoms with Gasteiger partial charge in [-0.2, -0.15) is 4.31 Å². The number of hydrogen-bond acceptors (Lipinski definition) is 3. The van der Waals surface area contributed by atoms with Crippen molar-refractivity contribution in [3.05, 3.63) is 0 Å². The van der Waals surface area contributed by atoms with E-state index in [2.05, 4.69) is 31.0 Å². The molecule has 25 heavy (non-hydrogen) atoms. The average Bonchev–Trinajstić information content (AvgIpc) is 3.00. The summed E-state index contributed by atoms with van der Waals surface area (Å²) in [7, 11) is -3.13. The Morgan fingerprint density at radius 1 is 1.28 bits per heavy atom. The van der Waals surface area contributed by atoms with Gasteiger partial charge in [-0.05, 0) is 44.4 Å². The molecule has 2 heterocycles. The monoisotopic (exact) mass is 372 g/mol. The molecule has 0 radical (unpaired) electrons. The Morgan fingerprint density at radius 3 is 2.68 bits per heavy atom. The van der Waals surface area contributed by atoms with Gasteiger partial charge >= 0.3 is 0 Å². The molecule has 0 bridgehead atoms. The van der Waals surface area contributed by atoms with E-state index in [-0.39, 0.29) is 6.04 Å². The molecule has 1 unspecified atom stereocenters. The summed E-state index contributed by atoms with van der Waals surface area (Å²) in [5.41, 5.74) is 0.356. The first-order valence-electron chi connectivity index (χ1n) is 9.79. The number of aliphatic imine (C=N–C) groups is 1. The van der Waals surface area contributed by atoms with Gasteiger partial charge in [0.15, 0.2) is 5.96 Å². The number of sulfonamides is 1. The van der Waals surface area contributed by atoms with Crippen molar-refractivity contribution in [2.75, 3.05) is 39.0 Å². The molecule has 2 atom stereocenters. The number of likely N-dealkylation sites (tertiary alicyclic amines) is 1. The van der Waals surface area contributed by atoms with Crippen molar-refractivity contribution in [1.29, 1.82) is 0 Å². The maximum absolute atomic E-state index is 11.9. The molecule has 146 valence electrons. The Balaban J connectivity index is 2.07. The van der Waals surface area contributed by atoms with Crippen LogP contribution in [0.5, 0.6) is 0 Å². The highest BCUT2D eigenvalue weighted by atomic mass is 32.2. The van der Waals surface area contributed by atoms with E-state index in [9.17, 15) is 8.42 Å². The lowest BCUT2D eigenvalue weighted by molar-refractivity contribution is 0.142. The molecular formula is C18H36N4O2S. The van der Waals surface area contributed by atoms with Gasteiger partial charge in [-0.25, -0.2) is 8.42 Å². The number of nitrogens with one attached hydrogen (secondary N) is 1. The number of piperidine rings is 1. The molecule has 2 fully saturated rings. The fraction of sp³-hybridized carbons (Fsp3) is 0.944. The zero-order valence-corrected chi connectivity index (χ0v) is 17.2. The summed E-state index contributed by atoms with van der Waals surface area (Å²) in [6.45, 7) is 10.8. The molecule has 1 N–H and O–H groups in total. The lowest BCUT2D eigenvalue weighted by Gasteiger charge is -2.42. The number of nitrogens with zero attached hydrogens (tertiary/aromatic N) is 3. The Bertz CT molecular complexity index is 559. The van der Waals surface area contributed by atoms with Gasteiger partial charge in [0.05, 0.1) is 12.8 Å². The maximum atomic E-state index is 11.9. The zero-order valence-electron chi connectivity index (χ0n) is 16.4. The molecule has 2 saturated heterocycles. The SMILES string of the molecule is CCCC1(C)CCCN(C(=NC[C@H]2CCCN2S(C)(=O)=O)NCC)C1. The van der Waals surface area contributed by atoms with E-state index in [1.807, 2.05) is 0 Å². The van der Waals surface area contributed by atoms with Crippen LogP contribution in [0.15, 0.2) is 4.99 Å². The summed E-state index contributed by atoms with van der Waals surface area (Å²) in [6, 6.07) is 0.00970. The highest BCUT2D eigenvalue weighted by Crippen LogP contribution is 2.34. The van der Waals surface area contributed by atoms with Crippen LogP contribution < -0.4 is 5.32 Å². The van der Waals surface area contributed by atoms with Gasteiger partial charge in [0.2, 0.25) is 10.0 Å². The molecular weight excluding hydrogens is 336 g/mol. The highest BCUT2D eigenvalue weighted by molar-refractivity contribution is 7.88. The van der Waals surface area contributed by atoms with Crippen LogP contribution in [0.1, 0.15) is 59.3 Å². The van der Waals surface area contributed by atoms with Crippen LogP contribution in [0.4, 0.5) is 0 Å². The molecule has 0 aromatic carbocycles. The first-order valence-corrected chi connectivity index (χ1v) is 11.6. The van der Waals surface area contributed by atoms with E-state index in [1.54, 1.807) is 4.31 Å². The van der Waals surface area contributed by atoms with E-state index >= 15 is 0 Å². The Kier molecular flexibility index (Phi) is 7.14. The minimum atomic E-state index is -3.13. The summed E-state index contributed by atoms with van der Waals surface area (Å²) >= 11 is 0. The molecule has 7 heteroatoms. The summed E-state index contributed by atoms with van der Waals surface area (Å²) in [6.07, 6.45) is 8.07. The lowest BCUT2D eigenvalue weighted by Crippen LogP contribution is -2.50. The molecule has 0 amide bonds. The third kappa shape index (κ3) is 5.58. The molecule has 6 nitrogen and oxygen atoms in total. The summed E-state index contributed by atoms with van der Waals surface area (Å²) in [4.78, 5) is 7.21. The van der Waals surface area contributed by atoms with Gasteiger partial charge < -0.3 is 10.2 Å². The normalized spacial score (nSPS) is 29.2. The third-order valence-corrected chi connectivity index (χ3v) is 6.80. The Labute approximate surface area is 154 Å². The number of hydrogen-bond donors (Lipinski definition) is 1. The standard InChI is InChI=1S/C18H36N4O2S/c1-5-10-18(3)11-8-12-21(15-18)17(19-6-2)20-14-16-9-7-13-22(16)25(4,23)24/h16H,5-15H2,1-4H3,(H,19,20)/t16-,18?/m1/s1. The Morgan fingerprint density at radius 2 is 2.04 bits per heavy atom. The Hall–Kier alpha value is -0.820. The maximum Gasteiger partial charge on any atom is 0.211 e. The molecule has 2 aliphatic heterocycles. The highest BCUT2D eigenvalue weighted by Gasteiger charge is 2.33. The van der Waals surface area contributed by atoms with Gasteiger partial charge in [-0.15, -0.1) is 0 Å². The predicted octanol–water partition coefficient (Wildman–Crippen LogP) is 2.28. The molecule has 0 saturated carbocycles. The topological polar surface area (TPSA) is 65.0 Å². The first kappa shape index (κ1) is 20.5. The van der Waals surface area contributed by atoms with Crippen molar-refractivity contribution in [3.63, 3.8) is 0 Å². The zero-order chi connectivity index (χ0) is 18.5. The second-order valence-electron chi connectivity index (χ2n) is 7.95. The van der Waals surface area contributed by atoms with Crippen LogP contribution in [0, 0.1) is 5.41 Å². The van der Waals surface area contributed by atoms with Crippen LogP contribution >= 0.6 is 0 Å². The molecule has 0 aromatic rings. The fourth-order valence-corrected chi connectivity index (χ4v) is 5.52. The van der Waals surface area contributed by atoms with Crippen molar-refractivity contribution < 1.29 is 8.42 Å². The molecule has 0 spiro atoms. The smallest absolute Gasteiger partial charge is 0.211 e. The van der Waals surface area contributed by atoms with E-state index in [1.165, 1.54) is 31.9 Å². The van der Waals surface area contributed by atoms with Crippen LogP contribution in [0.3, 0.4) is 0 Å². The minimum Gasteiger partial charge on any atom is -0.357 e. The van der Waals surface area contributed by atoms with Gasteiger partial charge in [0.1, 0.15) is 0 Å². The quantitative estimate of drug-likeness (QED) is 0.574. The van der Waals surface area contributed by atoms with E-state index in [4.69, 9.17) is 4.99 Å². The van der Waals surface area contributed by atoms with Crippen molar-refractivity contribution in [2.24, 2.45) is 10.4 Å². The summed E-state index contributed by atoms with van der Waals surface area (Å²) in [5.74, 6) is 0.949. The molecule has 0 aliphatic carbocycles. The van der Waals surface area contributed by atoms with Crippen LogP contribution in [-0.4, -0.2) is 68.6 Å². The van der Waals surface area contributed by atoms with Crippen molar-refractivity contribution in [1.82, 2.24) is 14.5 Å². The van der Waals surface area contributed by atoms with Crippen molar-refractivity contribution >= 4 is 16.0 Å². The van der Waals surface area contributed by atoms with Gasteiger partial charge in [0, 0.05) is 32.2 Å². The van der Waals surface area contributed by atoms with Gasteiger partial charge in [-0.1, -0.05) is 20.3 Å². The lowest BCUT2D eigenvalue weighted by atomic mass is 9.78. The molecule has 0 aromatic heterocycles. The van der Waals surface area contributed by atoms with Gasteiger partial charge in [-0.3, -0.25) is 4.99 Å². The fourth-order valence-electron chi connectivity index (χ4n) is 4.35. The third-order valence-electron chi connectivity index (χ3n) is 5.47. The predicted molar refractivity (Wildman–Crippen MR) is 104 cm³/mol. The van der Waals surface area contributed by atoms with Crippen LogP contribution in [0.25, 0.3) is 0 Å². The summed E-state index contributed by atoms with van der Waals surface area (Å²) in [5, 5.41) is 3.42. The number of guanidine groups is 1. The van der Waals surface area contributed by atoms with Crippen LogP contribution in [0.2, 0.25) is 0 Å². The van der Waals surface area contributed by atoms with Crippen LogP contribution in [-0.2, 0) is 10.0 Å². The van der Waals surface area contributed by atoms with Gasteiger partial charge in [0.25, 0.3) is 0 Å². The average molecular weight is 373 g/mol. The second kappa shape index (κ2) is 8.71.